The Labute approximate surface area is 142 Å². The quantitative estimate of drug-likeness (QED) is 0.698. The van der Waals surface area contributed by atoms with Crippen LogP contribution in [-0.4, -0.2) is 26.9 Å². The largest absolute Gasteiger partial charge is 0.344 e. The van der Waals surface area contributed by atoms with E-state index in [1.54, 1.807) is 11.8 Å². The molecule has 1 aromatic carbocycles. The van der Waals surface area contributed by atoms with Crippen LogP contribution in [0, 0.1) is 0 Å². The minimum atomic E-state index is -0.0834. The third kappa shape index (κ3) is 3.80. The second-order valence-corrected chi connectivity index (χ2v) is 6.56. The third-order valence-electron chi connectivity index (χ3n) is 3.31. The summed E-state index contributed by atoms with van der Waals surface area (Å²) in [6.45, 7) is 1.05. The zero-order valence-corrected chi connectivity index (χ0v) is 14.2. The van der Waals surface area contributed by atoms with Crippen LogP contribution in [-0.2, 0) is 13.1 Å². The molecule has 0 atom stereocenters. The number of nitrogens with zero attached hydrogens (tertiary/aromatic N) is 3. The van der Waals surface area contributed by atoms with Gasteiger partial charge in [-0.25, -0.2) is 0 Å². The van der Waals surface area contributed by atoms with Crippen molar-refractivity contribution in [3.63, 3.8) is 0 Å². The zero-order valence-electron chi connectivity index (χ0n) is 12.6. The molecular weight excluding hydrogens is 328 g/mol. The predicted molar refractivity (Wildman–Crippen MR) is 92.8 cm³/mol. The Balaban J connectivity index is 1.74. The number of thioether (sulfide) groups is 1. The monoisotopic (exact) mass is 344 g/mol. The summed E-state index contributed by atoms with van der Waals surface area (Å²) in [5.74, 6) is 0.670. The SMILES string of the molecule is CSc1nnc(CNC(=O)c2cccs2)n1Cc1ccccc1. The maximum absolute atomic E-state index is 12.1. The Hall–Kier alpha value is -2.12. The normalized spacial score (nSPS) is 10.7. The highest BCUT2D eigenvalue weighted by atomic mass is 32.2. The van der Waals surface area contributed by atoms with E-state index >= 15 is 0 Å². The van der Waals surface area contributed by atoms with Gasteiger partial charge in [0, 0.05) is 0 Å². The Kier molecular flexibility index (Phi) is 5.09. The standard InChI is InChI=1S/C16H16N4OS2/c1-22-16-19-18-14(10-17-15(21)13-8-5-9-23-13)20(16)11-12-6-3-2-4-7-12/h2-9H,10-11H2,1H3,(H,17,21). The molecule has 0 unspecified atom stereocenters. The number of carbonyl (C=O) groups excluding carboxylic acids is 1. The van der Waals surface area contributed by atoms with E-state index in [0.29, 0.717) is 18.0 Å². The molecule has 0 bridgehead atoms. The minimum Gasteiger partial charge on any atom is -0.344 e. The van der Waals surface area contributed by atoms with Crippen molar-refractivity contribution >= 4 is 29.0 Å². The number of carbonyl (C=O) groups is 1. The van der Waals surface area contributed by atoms with Gasteiger partial charge in [0.1, 0.15) is 0 Å². The molecule has 0 aliphatic carbocycles. The van der Waals surface area contributed by atoms with E-state index in [1.165, 1.54) is 16.9 Å². The molecule has 3 aromatic rings. The third-order valence-corrected chi connectivity index (χ3v) is 4.85. The lowest BCUT2D eigenvalue weighted by Crippen LogP contribution is -2.24. The summed E-state index contributed by atoms with van der Waals surface area (Å²) in [6.07, 6.45) is 1.97. The molecule has 2 aromatic heterocycles. The van der Waals surface area contributed by atoms with Gasteiger partial charge in [-0.2, -0.15) is 0 Å². The minimum absolute atomic E-state index is 0.0834. The second-order valence-electron chi connectivity index (χ2n) is 4.83. The van der Waals surface area contributed by atoms with Crippen molar-refractivity contribution in [1.82, 2.24) is 20.1 Å². The molecule has 1 amide bonds. The van der Waals surface area contributed by atoms with E-state index < -0.39 is 0 Å². The number of nitrogens with one attached hydrogen (secondary N) is 1. The lowest BCUT2D eigenvalue weighted by atomic mass is 10.2. The van der Waals surface area contributed by atoms with E-state index in [0.717, 1.165) is 11.0 Å². The first-order valence-corrected chi connectivity index (χ1v) is 9.20. The molecule has 0 saturated carbocycles. The van der Waals surface area contributed by atoms with E-state index in [2.05, 4.69) is 27.6 Å². The van der Waals surface area contributed by atoms with Crippen molar-refractivity contribution in [3.8, 4) is 0 Å². The average Bonchev–Trinajstić information content (AvgIpc) is 3.24. The van der Waals surface area contributed by atoms with Crippen LogP contribution in [0.4, 0.5) is 0 Å². The van der Waals surface area contributed by atoms with Gasteiger partial charge in [0.25, 0.3) is 5.91 Å². The molecule has 0 spiro atoms. The first-order valence-electron chi connectivity index (χ1n) is 7.09. The first-order chi connectivity index (χ1) is 11.3. The van der Waals surface area contributed by atoms with E-state index in [1.807, 2.05) is 46.5 Å². The number of thiophene rings is 1. The van der Waals surface area contributed by atoms with E-state index in [9.17, 15) is 4.79 Å². The molecule has 5 nitrogen and oxygen atoms in total. The zero-order chi connectivity index (χ0) is 16.1. The molecule has 0 aliphatic heterocycles. The maximum Gasteiger partial charge on any atom is 0.261 e. The van der Waals surface area contributed by atoms with E-state index in [4.69, 9.17) is 0 Å². The maximum atomic E-state index is 12.1. The van der Waals surface area contributed by atoms with Crippen molar-refractivity contribution in [2.45, 2.75) is 18.2 Å². The van der Waals surface area contributed by atoms with Gasteiger partial charge in [-0.3, -0.25) is 4.79 Å². The van der Waals surface area contributed by atoms with Crippen LogP contribution in [0.1, 0.15) is 21.1 Å². The number of hydrogen-bond donors (Lipinski definition) is 1. The highest BCUT2D eigenvalue weighted by Gasteiger charge is 2.13. The summed E-state index contributed by atoms with van der Waals surface area (Å²) in [5.41, 5.74) is 1.17. The van der Waals surface area contributed by atoms with Crippen molar-refractivity contribution in [3.05, 3.63) is 64.1 Å². The fraction of sp³-hybridized carbons (Fsp3) is 0.188. The average molecular weight is 344 g/mol. The summed E-state index contributed by atoms with van der Waals surface area (Å²) in [7, 11) is 0. The number of aromatic nitrogens is 3. The summed E-state index contributed by atoms with van der Waals surface area (Å²) >= 11 is 2.97. The van der Waals surface area contributed by atoms with Gasteiger partial charge in [0.2, 0.25) is 0 Å². The summed E-state index contributed by atoms with van der Waals surface area (Å²) in [5, 5.41) is 14.0. The van der Waals surface area contributed by atoms with E-state index in [-0.39, 0.29) is 5.91 Å². The smallest absolute Gasteiger partial charge is 0.261 e. The predicted octanol–water partition coefficient (Wildman–Crippen LogP) is 3.04. The van der Waals surface area contributed by atoms with Gasteiger partial charge in [-0.15, -0.1) is 21.5 Å². The molecule has 0 fully saturated rings. The van der Waals surface area contributed by atoms with Crippen LogP contribution < -0.4 is 5.32 Å². The number of hydrogen-bond acceptors (Lipinski definition) is 5. The van der Waals surface area contributed by atoms with Crippen LogP contribution in [0.25, 0.3) is 0 Å². The Morgan fingerprint density at radius 2 is 2.04 bits per heavy atom. The number of benzene rings is 1. The highest BCUT2D eigenvalue weighted by molar-refractivity contribution is 7.98. The van der Waals surface area contributed by atoms with Gasteiger partial charge in [-0.05, 0) is 23.3 Å². The first kappa shape index (κ1) is 15.8. The topological polar surface area (TPSA) is 59.8 Å². The summed E-state index contributed by atoms with van der Waals surface area (Å²) in [6, 6.07) is 13.8. The van der Waals surface area contributed by atoms with Crippen molar-refractivity contribution in [2.75, 3.05) is 6.26 Å². The van der Waals surface area contributed by atoms with Crippen molar-refractivity contribution in [2.24, 2.45) is 0 Å². The molecule has 2 heterocycles. The van der Waals surface area contributed by atoms with Crippen molar-refractivity contribution in [1.29, 1.82) is 0 Å². The lowest BCUT2D eigenvalue weighted by Gasteiger charge is -2.10. The van der Waals surface area contributed by atoms with Crippen LogP contribution in [0.2, 0.25) is 0 Å². The van der Waals surface area contributed by atoms with Gasteiger partial charge < -0.3 is 9.88 Å². The van der Waals surface area contributed by atoms with Crippen molar-refractivity contribution < 1.29 is 4.79 Å². The van der Waals surface area contributed by atoms with Gasteiger partial charge in [-0.1, -0.05) is 48.2 Å². The lowest BCUT2D eigenvalue weighted by molar-refractivity contribution is 0.0953. The van der Waals surface area contributed by atoms with Crippen LogP contribution in [0.5, 0.6) is 0 Å². The summed E-state index contributed by atoms with van der Waals surface area (Å²) < 4.78 is 2.04. The fourth-order valence-corrected chi connectivity index (χ4v) is 3.33. The second kappa shape index (κ2) is 7.43. The number of rotatable bonds is 6. The molecule has 1 N–H and O–H groups in total. The molecule has 0 radical (unpaired) electrons. The summed E-state index contributed by atoms with van der Waals surface area (Å²) in [4.78, 5) is 12.8. The molecule has 118 valence electrons. The fourth-order valence-electron chi connectivity index (χ4n) is 2.18. The van der Waals surface area contributed by atoms with Crippen LogP contribution >= 0.6 is 23.1 Å². The molecule has 7 heteroatoms. The molecule has 3 rings (SSSR count). The molecular formula is C16H16N4OS2. The molecule has 23 heavy (non-hydrogen) atoms. The van der Waals surface area contributed by atoms with Crippen LogP contribution in [0.3, 0.4) is 0 Å². The Morgan fingerprint density at radius 3 is 2.74 bits per heavy atom. The van der Waals surface area contributed by atoms with Crippen LogP contribution in [0.15, 0.2) is 53.0 Å². The Morgan fingerprint density at radius 1 is 1.22 bits per heavy atom. The molecule has 0 aliphatic rings. The number of amides is 1. The van der Waals surface area contributed by atoms with Gasteiger partial charge in [0.15, 0.2) is 11.0 Å². The Bertz CT molecular complexity index is 769. The molecule has 0 saturated heterocycles. The highest BCUT2D eigenvalue weighted by Crippen LogP contribution is 2.16. The van der Waals surface area contributed by atoms with Gasteiger partial charge >= 0.3 is 0 Å². The van der Waals surface area contributed by atoms with Gasteiger partial charge in [0.05, 0.1) is 18.0 Å².